The lowest BCUT2D eigenvalue weighted by Gasteiger charge is -2.22. The van der Waals surface area contributed by atoms with Gasteiger partial charge < -0.3 is 4.52 Å². The molecule has 0 saturated heterocycles. The summed E-state index contributed by atoms with van der Waals surface area (Å²) < 4.78 is 5.27. The van der Waals surface area contributed by atoms with Gasteiger partial charge in [0.15, 0.2) is 0 Å². The lowest BCUT2D eigenvalue weighted by molar-refractivity contribution is 0.327. The minimum Gasteiger partial charge on any atom is -0.337 e. The molecular formula is C15H17N5OS. The number of pyridine rings is 1. The molecule has 0 spiro atoms. The van der Waals surface area contributed by atoms with Gasteiger partial charge in [0.05, 0.1) is 12.1 Å². The van der Waals surface area contributed by atoms with Crippen molar-refractivity contribution in [3.05, 3.63) is 46.4 Å². The Labute approximate surface area is 132 Å². The Kier molecular flexibility index (Phi) is 4.00. The molecule has 0 atom stereocenters. The summed E-state index contributed by atoms with van der Waals surface area (Å²) in [5, 5.41) is 10.4. The van der Waals surface area contributed by atoms with Crippen LogP contribution in [0, 0.1) is 6.92 Å². The molecule has 0 aliphatic rings. The van der Waals surface area contributed by atoms with Crippen LogP contribution in [0.15, 0.2) is 34.3 Å². The standard InChI is InChI=1S/C15H17N5OS/c1-10-9-22-14(18-10)15(2,3)17-8-12-19-13(20-21-12)11-6-4-5-7-16-11/h4-7,9,17H,8H2,1-3H3. The van der Waals surface area contributed by atoms with Crippen molar-refractivity contribution in [3.63, 3.8) is 0 Å². The summed E-state index contributed by atoms with van der Waals surface area (Å²) in [5.74, 6) is 1.03. The van der Waals surface area contributed by atoms with Crippen LogP contribution in [0.25, 0.3) is 11.5 Å². The van der Waals surface area contributed by atoms with Gasteiger partial charge in [-0.3, -0.25) is 10.3 Å². The number of aryl methyl sites for hydroxylation is 1. The van der Waals surface area contributed by atoms with Crippen molar-refractivity contribution >= 4 is 11.3 Å². The highest BCUT2D eigenvalue weighted by Crippen LogP contribution is 2.24. The summed E-state index contributed by atoms with van der Waals surface area (Å²) in [5.41, 5.74) is 1.48. The predicted molar refractivity (Wildman–Crippen MR) is 84.2 cm³/mol. The van der Waals surface area contributed by atoms with E-state index in [1.807, 2.05) is 30.5 Å². The van der Waals surface area contributed by atoms with E-state index in [0.717, 1.165) is 10.7 Å². The smallest absolute Gasteiger partial charge is 0.240 e. The van der Waals surface area contributed by atoms with Gasteiger partial charge in [-0.1, -0.05) is 11.2 Å². The molecule has 114 valence electrons. The molecular weight excluding hydrogens is 298 g/mol. The summed E-state index contributed by atoms with van der Waals surface area (Å²) in [7, 11) is 0. The number of thiazole rings is 1. The van der Waals surface area contributed by atoms with Crippen molar-refractivity contribution in [2.24, 2.45) is 0 Å². The molecule has 3 rings (SSSR count). The molecule has 0 radical (unpaired) electrons. The first-order chi connectivity index (χ1) is 10.5. The Morgan fingerprint density at radius 2 is 2.14 bits per heavy atom. The SMILES string of the molecule is Cc1csc(C(C)(C)NCc2nc(-c3ccccn3)no2)n1. The van der Waals surface area contributed by atoms with E-state index < -0.39 is 0 Å². The lowest BCUT2D eigenvalue weighted by atomic mass is 10.1. The largest absolute Gasteiger partial charge is 0.337 e. The van der Waals surface area contributed by atoms with Crippen LogP contribution >= 0.6 is 11.3 Å². The molecule has 0 aliphatic carbocycles. The Morgan fingerprint density at radius 3 is 2.82 bits per heavy atom. The highest BCUT2D eigenvalue weighted by atomic mass is 32.1. The topological polar surface area (TPSA) is 76.7 Å². The number of nitrogens with one attached hydrogen (secondary N) is 1. The van der Waals surface area contributed by atoms with Crippen LogP contribution < -0.4 is 5.32 Å². The second-order valence-electron chi connectivity index (χ2n) is 5.50. The molecule has 0 bridgehead atoms. The molecule has 3 aromatic rings. The first-order valence-electron chi connectivity index (χ1n) is 6.96. The molecule has 0 fully saturated rings. The van der Waals surface area contributed by atoms with Crippen LogP contribution in [0.1, 0.15) is 30.4 Å². The van der Waals surface area contributed by atoms with Gasteiger partial charge in [-0.2, -0.15) is 4.98 Å². The van der Waals surface area contributed by atoms with Gasteiger partial charge in [0, 0.05) is 17.3 Å². The van der Waals surface area contributed by atoms with E-state index in [9.17, 15) is 0 Å². The minimum atomic E-state index is -0.251. The van der Waals surface area contributed by atoms with Gasteiger partial charge in [0.2, 0.25) is 11.7 Å². The highest BCUT2D eigenvalue weighted by molar-refractivity contribution is 7.09. The van der Waals surface area contributed by atoms with Crippen molar-refractivity contribution in [2.75, 3.05) is 0 Å². The van der Waals surface area contributed by atoms with Crippen molar-refractivity contribution < 1.29 is 4.52 Å². The molecule has 3 aromatic heterocycles. The van der Waals surface area contributed by atoms with E-state index >= 15 is 0 Å². The third-order valence-electron chi connectivity index (χ3n) is 3.20. The maximum absolute atomic E-state index is 5.27. The van der Waals surface area contributed by atoms with Crippen LogP contribution in [-0.2, 0) is 12.1 Å². The fourth-order valence-electron chi connectivity index (χ4n) is 1.94. The van der Waals surface area contributed by atoms with Gasteiger partial charge in [-0.25, -0.2) is 4.98 Å². The van der Waals surface area contributed by atoms with Gasteiger partial charge in [-0.05, 0) is 32.9 Å². The van der Waals surface area contributed by atoms with Gasteiger partial charge >= 0.3 is 0 Å². The highest BCUT2D eigenvalue weighted by Gasteiger charge is 2.24. The third-order valence-corrected chi connectivity index (χ3v) is 4.48. The number of nitrogens with zero attached hydrogens (tertiary/aromatic N) is 4. The zero-order valence-corrected chi connectivity index (χ0v) is 13.5. The first-order valence-corrected chi connectivity index (χ1v) is 7.84. The summed E-state index contributed by atoms with van der Waals surface area (Å²) >= 11 is 1.64. The Balaban J connectivity index is 1.68. The second-order valence-corrected chi connectivity index (χ2v) is 6.36. The van der Waals surface area contributed by atoms with E-state index in [0.29, 0.717) is 24.0 Å². The Morgan fingerprint density at radius 1 is 1.27 bits per heavy atom. The predicted octanol–water partition coefficient (Wildman–Crippen LogP) is 2.92. The molecule has 0 saturated carbocycles. The van der Waals surface area contributed by atoms with E-state index in [1.54, 1.807) is 17.5 Å². The monoisotopic (exact) mass is 315 g/mol. The van der Waals surface area contributed by atoms with Crippen LogP contribution in [0.5, 0.6) is 0 Å². The Bertz CT molecular complexity index is 750. The zero-order chi connectivity index (χ0) is 15.6. The third kappa shape index (κ3) is 3.20. The zero-order valence-electron chi connectivity index (χ0n) is 12.7. The van der Waals surface area contributed by atoms with Crippen molar-refractivity contribution in [2.45, 2.75) is 32.9 Å². The number of aromatic nitrogens is 4. The minimum absolute atomic E-state index is 0.251. The number of rotatable bonds is 5. The molecule has 22 heavy (non-hydrogen) atoms. The van der Waals surface area contributed by atoms with Crippen LogP contribution in [0.4, 0.5) is 0 Å². The molecule has 0 amide bonds. The lowest BCUT2D eigenvalue weighted by Crippen LogP contribution is -2.36. The van der Waals surface area contributed by atoms with Crippen LogP contribution in [0.3, 0.4) is 0 Å². The second kappa shape index (κ2) is 5.94. The molecule has 3 heterocycles. The summed E-state index contributed by atoms with van der Waals surface area (Å²) in [4.78, 5) is 13.1. The maximum Gasteiger partial charge on any atom is 0.240 e. The molecule has 0 aliphatic heterocycles. The van der Waals surface area contributed by atoms with Crippen molar-refractivity contribution in [1.29, 1.82) is 0 Å². The van der Waals surface area contributed by atoms with Crippen molar-refractivity contribution in [3.8, 4) is 11.5 Å². The summed E-state index contributed by atoms with van der Waals surface area (Å²) in [6.07, 6.45) is 1.71. The van der Waals surface area contributed by atoms with Gasteiger partial charge in [-0.15, -0.1) is 11.3 Å². The molecule has 0 aromatic carbocycles. The van der Waals surface area contributed by atoms with Crippen LogP contribution in [0.2, 0.25) is 0 Å². The molecule has 6 nitrogen and oxygen atoms in total. The maximum atomic E-state index is 5.27. The molecule has 1 N–H and O–H groups in total. The average molecular weight is 315 g/mol. The summed E-state index contributed by atoms with van der Waals surface area (Å²) in [6.45, 7) is 6.64. The quantitative estimate of drug-likeness (QED) is 0.780. The van der Waals surface area contributed by atoms with E-state index in [-0.39, 0.29) is 5.54 Å². The van der Waals surface area contributed by atoms with E-state index in [1.165, 1.54) is 0 Å². The van der Waals surface area contributed by atoms with E-state index in [4.69, 9.17) is 4.52 Å². The fraction of sp³-hybridized carbons (Fsp3) is 0.333. The molecule has 0 unspecified atom stereocenters. The number of hydrogen-bond donors (Lipinski definition) is 1. The van der Waals surface area contributed by atoms with Crippen molar-refractivity contribution in [1.82, 2.24) is 25.4 Å². The Hall–Kier alpha value is -2.12. The summed E-state index contributed by atoms with van der Waals surface area (Å²) in [6, 6.07) is 5.60. The van der Waals surface area contributed by atoms with Gasteiger partial charge in [0.1, 0.15) is 10.7 Å². The average Bonchev–Trinajstić information content (AvgIpc) is 3.15. The van der Waals surface area contributed by atoms with E-state index in [2.05, 4.69) is 39.3 Å². The molecule has 7 heteroatoms. The first kappa shape index (κ1) is 14.8. The van der Waals surface area contributed by atoms with Crippen LogP contribution in [-0.4, -0.2) is 20.1 Å². The normalized spacial score (nSPS) is 11.8. The number of hydrogen-bond acceptors (Lipinski definition) is 7. The fourth-order valence-corrected chi connectivity index (χ4v) is 2.84. The van der Waals surface area contributed by atoms with Gasteiger partial charge in [0.25, 0.3) is 0 Å².